The average Bonchev–Trinajstić information content (AvgIpc) is 3.03. The molecule has 0 bridgehead atoms. The van der Waals surface area contributed by atoms with Crippen molar-refractivity contribution in [2.75, 3.05) is 47.6 Å². The summed E-state index contributed by atoms with van der Waals surface area (Å²) in [6.07, 6.45) is 1.81. The Hall–Kier alpha value is -3.94. The van der Waals surface area contributed by atoms with Crippen LogP contribution in [0, 0.1) is 0 Å². The van der Waals surface area contributed by atoms with Crippen molar-refractivity contribution >= 4 is 10.8 Å². The van der Waals surface area contributed by atoms with E-state index in [9.17, 15) is 0 Å². The van der Waals surface area contributed by atoms with Crippen molar-refractivity contribution in [3.05, 3.63) is 90.0 Å². The van der Waals surface area contributed by atoms with Crippen molar-refractivity contribution in [3.63, 3.8) is 0 Å². The molecule has 0 saturated carbocycles. The highest BCUT2D eigenvalue weighted by Gasteiger charge is 2.28. The number of fused-ring (bicyclic) bond motifs is 1. The summed E-state index contributed by atoms with van der Waals surface area (Å²) in [6.45, 7) is 3.32. The van der Waals surface area contributed by atoms with Crippen molar-refractivity contribution in [3.8, 4) is 28.7 Å². The Kier molecular flexibility index (Phi) is 9.83. The summed E-state index contributed by atoms with van der Waals surface area (Å²) in [5.41, 5.74) is 2.23. The molecule has 0 radical (unpaired) electrons. The first-order valence-corrected chi connectivity index (χ1v) is 14.1. The lowest BCUT2D eigenvalue weighted by atomic mass is 9.87. The van der Waals surface area contributed by atoms with E-state index in [1.807, 2.05) is 60.7 Å². The van der Waals surface area contributed by atoms with Gasteiger partial charge in [0.15, 0.2) is 11.5 Å². The molecule has 7 nitrogen and oxygen atoms in total. The quantitative estimate of drug-likeness (QED) is 0.192. The highest BCUT2D eigenvalue weighted by atomic mass is 16.5. The van der Waals surface area contributed by atoms with E-state index >= 15 is 0 Å². The number of ether oxygens (including phenoxy) is 6. The number of piperidine rings is 1. The highest BCUT2D eigenvalue weighted by Crippen LogP contribution is 2.38. The molecule has 0 aromatic heterocycles. The normalized spacial score (nSPS) is 16.8. The van der Waals surface area contributed by atoms with Gasteiger partial charge in [-0.05, 0) is 48.9 Å². The van der Waals surface area contributed by atoms with E-state index in [1.165, 1.54) is 5.56 Å². The minimum absolute atomic E-state index is 0.0322. The fourth-order valence-corrected chi connectivity index (χ4v) is 5.45. The molecular weight excluding hydrogens is 518 g/mol. The molecule has 1 saturated heterocycles. The standard InChI is InChI=1S/C34H39NO6/c1-36-30-11-6-7-12-31(30)40-20-8-19-39-26-15-13-24(14-16-26)27-17-18-35-22-33(27)41-23-25-21-32(37-2)28-9-4-5-10-29(28)34(25)38-3/h4-7,9-16,21,27,33,35H,8,17-20,22-23H2,1-3H3/t27-,33+/m1/s1. The number of benzene rings is 4. The summed E-state index contributed by atoms with van der Waals surface area (Å²) >= 11 is 0. The maximum absolute atomic E-state index is 6.55. The van der Waals surface area contributed by atoms with E-state index in [4.69, 9.17) is 28.4 Å². The van der Waals surface area contributed by atoms with Crippen molar-refractivity contribution in [1.29, 1.82) is 0 Å². The van der Waals surface area contributed by atoms with E-state index in [0.717, 1.165) is 71.0 Å². The summed E-state index contributed by atoms with van der Waals surface area (Å²) < 4.78 is 35.2. The van der Waals surface area contributed by atoms with Crippen LogP contribution in [0.25, 0.3) is 10.8 Å². The Bertz CT molecular complexity index is 1410. The second-order valence-corrected chi connectivity index (χ2v) is 10.0. The molecule has 1 aliphatic heterocycles. The molecule has 0 amide bonds. The molecule has 4 aromatic rings. The number of hydrogen-bond acceptors (Lipinski definition) is 7. The lowest BCUT2D eigenvalue weighted by Crippen LogP contribution is -2.41. The first-order valence-electron chi connectivity index (χ1n) is 14.1. The van der Waals surface area contributed by atoms with E-state index in [-0.39, 0.29) is 12.0 Å². The third-order valence-electron chi connectivity index (χ3n) is 7.53. The van der Waals surface area contributed by atoms with Gasteiger partial charge in [-0.1, -0.05) is 48.5 Å². The predicted octanol–water partition coefficient (Wildman–Crippen LogP) is 6.38. The molecule has 1 aliphatic rings. The average molecular weight is 558 g/mol. The second kappa shape index (κ2) is 14.1. The van der Waals surface area contributed by atoms with Gasteiger partial charge in [-0.3, -0.25) is 0 Å². The lowest BCUT2D eigenvalue weighted by Gasteiger charge is -2.33. The summed E-state index contributed by atoms with van der Waals surface area (Å²) in [4.78, 5) is 0. The van der Waals surface area contributed by atoms with Crippen molar-refractivity contribution in [1.82, 2.24) is 5.32 Å². The smallest absolute Gasteiger partial charge is 0.161 e. The Morgan fingerprint density at radius 2 is 1.44 bits per heavy atom. The maximum atomic E-state index is 6.55. The van der Waals surface area contributed by atoms with Crippen molar-refractivity contribution < 1.29 is 28.4 Å². The number of nitrogens with one attached hydrogen (secondary N) is 1. The van der Waals surface area contributed by atoms with Gasteiger partial charge in [-0.2, -0.15) is 0 Å². The van der Waals surface area contributed by atoms with Crippen LogP contribution in [-0.4, -0.2) is 53.7 Å². The van der Waals surface area contributed by atoms with Gasteiger partial charge in [-0.15, -0.1) is 0 Å². The molecule has 1 fully saturated rings. The lowest BCUT2D eigenvalue weighted by molar-refractivity contribution is 0.00983. The van der Waals surface area contributed by atoms with Gasteiger partial charge in [0.25, 0.3) is 0 Å². The van der Waals surface area contributed by atoms with Crippen LogP contribution in [0.5, 0.6) is 28.7 Å². The zero-order valence-electron chi connectivity index (χ0n) is 24.1. The molecule has 7 heteroatoms. The first kappa shape index (κ1) is 28.6. The van der Waals surface area contributed by atoms with Crippen molar-refractivity contribution in [2.45, 2.75) is 31.5 Å². The van der Waals surface area contributed by atoms with E-state index < -0.39 is 0 Å². The van der Waals surface area contributed by atoms with Gasteiger partial charge in [0.05, 0.1) is 47.3 Å². The van der Waals surface area contributed by atoms with Crippen LogP contribution in [0.2, 0.25) is 0 Å². The van der Waals surface area contributed by atoms with Gasteiger partial charge >= 0.3 is 0 Å². The third kappa shape index (κ3) is 6.87. The monoisotopic (exact) mass is 557 g/mol. The maximum Gasteiger partial charge on any atom is 0.161 e. The van der Waals surface area contributed by atoms with Crippen LogP contribution in [0.1, 0.15) is 29.9 Å². The van der Waals surface area contributed by atoms with Gasteiger partial charge in [0.2, 0.25) is 0 Å². The van der Waals surface area contributed by atoms with Gasteiger partial charge in [0.1, 0.15) is 17.2 Å². The van der Waals surface area contributed by atoms with Crippen LogP contribution < -0.4 is 29.0 Å². The Morgan fingerprint density at radius 1 is 0.732 bits per heavy atom. The molecule has 1 heterocycles. The molecule has 5 rings (SSSR count). The Balaban J connectivity index is 1.17. The summed E-state index contributed by atoms with van der Waals surface area (Å²) in [6, 6.07) is 26.2. The molecular formula is C34H39NO6. The van der Waals surface area contributed by atoms with Crippen molar-refractivity contribution in [2.24, 2.45) is 0 Å². The fourth-order valence-electron chi connectivity index (χ4n) is 5.45. The highest BCUT2D eigenvalue weighted by molar-refractivity contribution is 5.94. The summed E-state index contributed by atoms with van der Waals surface area (Å²) in [5, 5.41) is 5.54. The predicted molar refractivity (Wildman–Crippen MR) is 161 cm³/mol. The summed E-state index contributed by atoms with van der Waals surface area (Å²) in [7, 11) is 5.05. The number of methoxy groups -OCH3 is 3. The topological polar surface area (TPSA) is 67.4 Å². The zero-order chi connectivity index (χ0) is 28.4. The zero-order valence-corrected chi connectivity index (χ0v) is 24.1. The number of hydrogen-bond donors (Lipinski definition) is 1. The molecule has 1 N–H and O–H groups in total. The molecule has 0 spiro atoms. The van der Waals surface area contributed by atoms with Crippen LogP contribution in [0.3, 0.4) is 0 Å². The SMILES string of the molecule is COc1ccccc1OCCCOc1ccc([C@H]2CCNC[C@@H]2OCc2cc(OC)c3ccccc3c2OC)cc1. The summed E-state index contributed by atoms with van der Waals surface area (Å²) in [5.74, 6) is 4.27. The van der Waals surface area contributed by atoms with Crippen LogP contribution in [0.4, 0.5) is 0 Å². The Labute approximate surface area is 242 Å². The van der Waals surface area contributed by atoms with E-state index in [1.54, 1.807) is 21.3 Å². The minimum atomic E-state index is 0.0322. The van der Waals surface area contributed by atoms with Crippen LogP contribution >= 0.6 is 0 Å². The largest absolute Gasteiger partial charge is 0.496 e. The van der Waals surface area contributed by atoms with Crippen LogP contribution in [0.15, 0.2) is 78.9 Å². The number of rotatable bonds is 13. The number of para-hydroxylation sites is 2. The molecule has 2 atom stereocenters. The molecule has 41 heavy (non-hydrogen) atoms. The van der Waals surface area contributed by atoms with Gasteiger partial charge in [-0.25, -0.2) is 0 Å². The van der Waals surface area contributed by atoms with E-state index in [2.05, 4.69) is 23.5 Å². The molecule has 216 valence electrons. The first-order chi connectivity index (χ1) is 20.2. The molecule has 0 aliphatic carbocycles. The minimum Gasteiger partial charge on any atom is -0.496 e. The Morgan fingerprint density at radius 3 is 2.20 bits per heavy atom. The molecule has 4 aromatic carbocycles. The third-order valence-corrected chi connectivity index (χ3v) is 7.53. The van der Waals surface area contributed by atoms with Crippen LogP contribution in [-0.2, 0) is 11.3 Å². The second-order valence-electron chi connectivity index (χ2n) is 10.0. The molecule has 0 unspecified atom stereocenters. The van der Waals surface area contributed by atoms with Gasteiger partial charge < -0.3 is 33.7 Å². The van der Waals surface area contributed by atoms with E-state index in [0.29, 0.717) is 19.8 Å². The fraction of sp³-hybridized carbons (Fsp3) is 0.353. The van der Waals surface area contributed by atoms with Gasteiger partial charge in [0, 0.05) is 35.2 Å².